The molecule has 1 aromatic rings. The van der Waals surface area contributed by atoms with Crippen molar-refractivity contribution < 1.29 is 4.74 Å². The third-order valence-corrected chi connectivity index (χ3v) is 2.69. The average Bonchev–Trinajstić information content (AvgIpc) is 2.71. The van der Waals surface area contributed by atoms with Gasteiger partial charge in [-0.05, 0) is 30.4 Å². The second-order valence-corrected chi connectivity index (χ2v) is 3.60. The lowest BCUT2D eigenvalue weighted by Gasteiger charge is -2.09. The minimum Gasteiger partial charge on any atom is -0.374 e. The summed E-state index contributed by atoms with van der Waals surface area (Å²) in [5.74, 6) is 0. The summed E-state index contributed by atoms with van der Waals surface area (Å²) in [6.45, 7) is 3.11. The van der Waals surface area contributed by atoms with Crippen LogP contribution in [0.1, 0.15) is 37.0 Å². The van der Waals surface area contributed by atoms with Gasteiger partial charge in [-0.25, -0.2) is 0 Å². The fourth-order valence-corrected chi connectivity index (χ4v) is 1.81. The van der Waals surface area contributed by atoms with Crippen molar-refractivity contribution in [2.24, 2.45) is 0 Å². The lowest BCUT2D eigenvalue weighted by atomic mass is 10.0. The van der Waals surface area contributed by atoms with E-state index in [1.165, 1.54) is 24.0 Å². The van der Waals surface area contributed by atoms with Gasteiger partial charge in [-0.3, -0.25) is 0 Å². The van der Waals surface area contributed by atoms with Gasteiger partial charge in [0, 0.05) is 6.61 Å². The van der Waals surface area contributed by atoms with Gasteiger partial charge >= 0.3 is 0 Å². The summed E-state index contributed by atoms with van der Waals surface area (Å²) < 4.78 is 5.61. The standard InChI is InChI=1S/C12H16O/c1-2-10-5-7-11(8-6-10)12-4-3-9-13-12/h5-8,12H,2-4,9H2,1H3. The summed E-state index contributed by atoms with van der Waals surface area (Å²) in [4.78, 5) is 0. The van der Waals surface area contributed by atoms with E-state index in [4.69, 9.17) is 4.74 Å². The van der Waals surface area contributed by atoms with E-state index in [-0.39, 0.29) is 0 Å². The molecule has 1 aromatic carbocycles. The zero-order valence-corrected chi connectivity index (χ0v) is 8.12. The number of hydrogen-bond acceptors (Lipinski definition) is 1. The lowest BCUT2D eigenvalue weighted by Crippen LogP contribution is -1.95. The van der Waals surface area contributed by atoms with Crippen molar-refractivity contribution in [3.63, 3.8) is 0 Å². The van der Waals surface area contributed by atoms with Crippen LogP contribution in [-0.4, -0.2) is 6.61 Å². The van der Waals surface area contributed by atoms with Crippen LogP contribution in [0.25, 0.3) is 0 Å². The van der Waals surface area contributed by atoms with E-state index in [1.54, 1.807) is 0 Å². The van der Waals surface area contributed by atoms with E-state index in [0.717, 1.165) is 13.0 Å². The van der Waals surface area contributed by atoms with Crippen molar-refractivity contribution in [1.82, 2.24) is 0 Å². The van der Waals surface area contributed by atoms with Gasteiger partial charge in [0.05, 0.1) is 6.10 Å². The molecule has 70 valence electrons. The van der Waals surface area contributed by atoms with Gasteiger partial charge in [0.1, 0.15) is 0 Å². The second-order valence-electron chi connectivity index (χ2n) is 3.60. The topological polar surface area (TPSA) is 9.23 Å². The zero-order chi connectivity index (χ0) is 9.10. The first-order valence-corrected chi connectivity index (χ1v) is 5.10. The number of hydrogen-bond donors (Lipinski definition) is 0. The molecule has 1 aliphatic rings. The van der Waals surface area contributed by atoms with Crippen LogP contribution >= 0.6 is 0 Å². The molecule has 2 rings (SSSR count). The van der Waals surface area contributed by atoms with Crippen LogP contribution in [0.3, 0.4) is 0 Å². The fraction of sp³-hybridized carbons (Fsp3) is 0.500. The zero-order valence-electron chi connectivity index (χ0n) is 8.12. The SMILES string of the molecule is CCc1ccc(C2CCCO2)cc1. The van der Waals surface area contributed by atoms with E-state index >= 15 is 0 Å². The highest BCUT2D eigenvalue weighted by atomic mass is 16.5. The molecule has 0 amide bonds. The summed E-state index contributed by atoms with van der Waals surface area (Å²) in [5.41, 5.74) is 2.75. The molecule has 1 unspecified atom stereocenters. The third kappa shape index (κ3) is 1.92. The summed E-state index contributed by atoms with van der Waals surface area (Å²) in [7, 11) is 0. The molecule has 0 aliphatic carbocycles. The first-order chi connectivity index (χ1) is 6.40. The summed E-state index contributed by atoms with van der Waals surface area (Å²) >= 11 is 0. The number of aryl methyl sites for hydroxylation is 1. The van der Waals surface area contributed by atoms with Crippen molar-refractivity contribution in [3.05, 3.63) is 35.4 Å². The molecule has 1 atom stereocenters. The number of rotatable bonds is 2. The van der Waals surface area contributed by atoms with Crippen molar-refractivity contribution in [1.29, 1.82) is 0 Å². The molecule has 1 saturated heterocycles. The highest BCUT2D eigenvalue weighted by Crippen LogP contribution is 2.28. The summed E-state index contributed by atoms with van der Waals surface area (Å²) in [6, 6.07) is 8.82. The largest absolute Gasteiger partial charge is 0.374 e. The molecule has 0 saturated carbocycles. The molecule has 1 nitrogen and oxygen atoms in total. The number of benzene rings is 1. The average molecular weight is 176 g/mol. The molecule has 0 aromatic heterocycles. The number of ether oxygens (including phenoxy) is 1. The molecule has 13 heavy (non-hydrogen) atoms. The Balaban J connectivity index is 2.12. The van der Waals surface area contributed by atoms with Gasteiger partial charge < -0.3 is 4.74 Å². The van der Waals surface area contributed by atoms with Crippen LogP contribution in [0.15, 0.2) is 24.3 Å². The van der Waals surface area contributed by atoms with Crippen LogP contribution < -0.4 is 0 Å². The quantitative estimate of drug-likeness (QED) is 0.672. The summed E-state index contributed by atoms with van der Waals surface area (Å²) in [6.07, 6.45) is 3.88. The van der Waals surface area contributed by atoms with Crippen molar-refractivity contribution in [3.8, 4) is 0 Å². The van der Waals surface area contributed by atoms with Crippen molar-refractivity contribution in [2.75, 3.05) is 6.61 Å². The Hall–Kier alpha value is -0.820. The Labute approximate surface area is 79.7 Å². The van der Waals surface area contributed by atoms with Gasteiger partial charge in [-0.15, -0.1) is 0 Å². The maximum Gasteiger partial charge on any atom is 0.0825 e. The lowest BCUT2D eigenvalue weighted by molar-refractivity contribution is 0.112. The van der Waals surface area contributed by atoms with Gasteiger partial charge in [-0.1, -0.05) is 31.2 Å². The highest BCUT2D eigenvalue weighted by molar-refractivity contribution is 5.24. The van der Waals surface area contributed by atoms with E-state index in [0.29, 0.717) is 6.10 Å². The Morgan fingerprint density at radius 3 is 2.62 bits per heavy atom. The highest BCUT2D eigenvalue weighted by Gasteiger charge is 2.16. The van der Waals surface area contributed by atoms with Crippen LogP contribution in [0.5, 0.6) is 0 Å². The molecular formula is C12H16O. The minimum absolute atomic E-state index is 0.367. The molecule has 0 N–H and O–H groups in total. The summed E-state index contributed by atoms with van der Waals surface area (Å²) in [5, 5.41) is 0. The molecule has 1 heterocycles. The van der Waals surface area contributed by atoms with E-state index in [1.807, 2.05) is 0 Å². The normalized spacial score (nSPS) is 22.1. The fourth-order valence-electron chi connectivity index (χ4n) is 1.81. The van der Waals surface area contributed by atoms with E-state index in [2.05, 4.69) is 31.2 Å². The maximum absolute atomic E-state index is 5.61. The van der Waals surface area contributed by atoms with Crippen LogP contribution in [-0.2, 0) is 11.2 Å². The van der Waals surface area contributed by atoms with Crippen LogP contribution in [0.4, 0.5) is 0 Å². The van der Waals surface area contributed by atoms with Crippen LogP contribution in [0, 0.1) is 0 Å². The second kappa shape index (κ2) is 3.93. The van der Waals surface area contributed by atoms with E-state index in [9.17, 15) is 0 Å². The first-order valence-electron chi connectivity index (χ1n) is 5.10. The predicted molar refractivity (Wildman–Crippen MR) is 53.7 cm³/mol. The van der Waals surface area contributed by atoms with Gasteiger partial charge in [0.15, 0.2) is 0 Å². The van der Waals surface area contributed by atoms with Crippen molar-refractivity contribution >= 4 is 0 Å². The monoisotopic (exact) mass is 176 g/mol. The molecule has 0 bridgehead atoms. The molecule has 1 aliphatic heterocycles. The molecule has 1 fully saturated rings. The molecule has 1 heteroatoms. The maximum atomic E-state index is 5.61. The molecule has 0 spiro atoms. The smallest absolute Gasteiger partial charge is 0.0825 e. The van der Waals surface area contributed by atoms with Crippen molar-refractivity contribution in [2.45, 2.75) is 32.3 Å². The third-order valence-electron chi connectivity index (χ3n) is 2.69. The van der Waals surface area contributed by atoms with E-state index < -0.39 is 0 Å². The Morgan fingerprint density at radius 2 is 2.08 bits per heavy atom. The van der Waals surface area contributed by atoms with Crippen LogP contribution in [0.2, 0.25) is 0 Å². The van der Waals surface area contributed by atoms with Gasteiger partial charge in [0.2, 0.25) is 0 Å². The first kappa shape index (κ1) is 8.76. The Morgan fingerprint density at radius 1 is 1.31 bits per heavy atom. The van der Waals surface area contributed by atoms with Gasteiger partial charge in [0.25, 0.3) is 0 Å². The Bertz CT molecular complexity index is 257. The molecular weight excluding hydrogens is 160 g/mol. The molecule has 0 radical (unpaired) electrons. The Kier molecular flexibility index (Phi) is 2.65. The predicted octanol–water partition coefficient (Wildman–Crippen LogP) is 3.10. The van der Waals surface area contributed by atoms with Gasteiger partial charge in [-0.2, -0.15) is 0 Å². The minimum atomic E-state index is 0.367.